The Hall–Kier alpha value is -1.88. The standard InChI is InChI=1S/C18H23NO3S/c1-3-5-10-14(18(21)22)19-17(20)16-13(8-4-2)12-9-6-7-11-15(12)23-16/h6-7,9,11,14H,3-5,8,10H2,1-2H3,(H,19,20)(H,21,22). The first kappa shape index (κ1) is 17.5. The third kappa shape index (κ3) is 4.10. The highest BCUT2D eigenvalue weighted by Crippen LogP contribution is 2.32. The lowest BCUT2D eigenvalue weighted by Crippen LogP contribution is -2.40. The van der Waals surface area contributed by atoms with Gasteiger partial charge in [0, 0.05) is 4.70 Å². The van der Waals surface area contributed by atoms with Crippen molar-refractivity contribution < 1.29 is 14.7 Å². The van der Waals surface area contributed by atoms with Gasteiger partial charge in [-0.05, 0) is 29.9 Å². The molecular weight excluding hydrogens is 310 g/mol. The van der Waals surface area contributed by atoms with E-state index in [1.165, 1.54) is 11.3 Å². The molecule has 0 saturated carbocycles. The number of thiophene rings is 1. The van der Waals surface area contributed by atoms with Crippen molar-refractivity contribution in [2.24, 2.45) is 0 Å². The van der Waals surface area contributed by atoms with Crippen LogP contribution in [0.5, 0.6) is 0 Å². The van der Waals surface area contributed by atoms with E-state index in [1.807, 2.05) is 31.2 Å². The summed E-state index contributed by atoms with van der Waals surface area (Å²) < 4.78 is 1.07. The number of carboxylic acids is 1. The van der Waals surface area contributed by atoms with Crippen LogP contribution in [0.25, 0.3) is 10.1 Å². The van der Waals surface area contributed by atoms with Crippen LogP contribution in [-0.4, -0.2) is 23.0 Å². The highest BCUT2D eigenvalue weighted by Gasteiger charge is 2.23. The summed E-state index contributed by atoms with van der Waals surface area (Å²) in [5.41, 5.74) is 1.03. The minimum atomic E-state index is -0.968. The Labute approximate surface area is 140 Å². The Morgan fingerprint density at radius 2 is 1.96 bits per heavy atom. The molecule has 4 nitrogen and oxygen atoms in total. The Morgan fingerprint density at radius 1 is 1.22 bits per heavy atom. The van der Waals surface area contributed by atoms with Crippen LogP contribution in [-0.2, 0) is 11.2 Å². The molecule has 2 aromatic rings. The second kappa shape index (κ2) is 8.11. The molecule has 0 radical (unpaired) electrons. The fourth-order valence-electron chi connectivity index (χ4n) is 2.67. The van der Waals surface area contributed by atoms with Crippen LogP contribution in [0.3, 0.4) is 0 Å². The van der Waals surface area contributed by atoms with E-state index in [1.54, 1.807) is 0 Å². The van der Waals surface area contributed by atoms with Crippen LogP contribution in [0.1, 0.15) is 54.8 Å². The summed E-state index contributed by atoms with van der Waals surface area (Å²) >= 11 is 1.44. The molecular formula is C18H23NO3S. The molecule has 0 saturated heterocycles. The fraction of sp³-hybridized carbons (Fsp3) is 0.444. The number of hydrogen-bond donors (Lipinski definition) is 2. The average Bonchev–Trinajstić information content (AvgIpc) is 2.90. The number of unbranched alkanes of at least 4 members (excludes halogenated alkanes) is 1. The van der Waals surface area contributed by atoms with Crippen molar-refractivity contribution in [2.75, 3.05) is 0 Å². The Bertz CT molecular complexity index is 693. The number of carbonyl (C=O) groups is 2. The molecule has 0 fully saturated rings. The van der Waals surface area contributed by atoms with Gasteiger partial charge >= 0.3 is 5.97 Å². The Morgan fingerprint density at radius 3 is 2.61 bits per heavy atom. The molecule has 0 aliphatic rings. The van der Waals surface area contributed by atoms with Crippen molar-refractivity contribution in [1.82, 2.24) is 5.32 Å². The number of benzene rings is 1. The van der Waals surface area contributed by atoms with Crippen molar-refractivity contribution in [3.05, 3.63) is 34.7 Å². The number of amides is 1. The van der Waals surface area contributed by atoms with Crippen LogP contribution in [0.15, 0.2) is 24.3 Å². The topological polar surface area (TPSA) is 66.4 Å². The van der Waals surface area contributed by atoms with Crippen LogP contribution < -0.4 is 5.32 Å². The number of carboxylic acid groups (broad SMARTS) is 1. The van der Waals surface area contributed by atoms with Gasteiger partial charge < -0.3 is 10.4 Å². The molecule has 2 rings (SSSR count). The fourth-order valence-corrected chi connectivity index (χ4v) is 3.82. The van der Waals surface area contributed by atoms with Crippen molar-refractivity contribution in [3.8, 4) is 0 Å². The van der Waals surface area contributed by atoms with Crippen LogP contribution in [0, 0.1) is 0 Å². The van der Waals surface area contributed by atoms with Crippen LogP contribution >= 0.6 is 11.3 Å². The van der Waals surface area contributed by atoms with E-state index in [2.05, 4.69) is 12.2 Å². The molecule has 2 N–H and O–H groups in total. The maximum Gasteiger partial charge on any atom is 0.326 e. The second-order valence-electron chi connectivity index (χ2n) is 5.66. The zero-order valence-corrected chi connectivity index (χ0v) is 14.4. The molecule has 1 amide bonds. The number of nitrogens with one attached hydrogen (secondary N) is 1. The van der Waals surface area contributed by atoms with Crippen molar-refractivity contribution in [2.45, 2.75) is 52.0 Å². The van der Waals surface area contributed by atoms with Crippen molar-refractivity contribution >= 4 is 33.3 Å². The summed E-state index contributed by atoms with van der Waals surface area (Å²) in [5.74, 6) is -1.23. The van der Waals surface area contributed by atoms with Gasteiger partial charge in [0.25, 0.3) is 5.91 Å². The quantitative estimate of drug-likeness (QED) is 0.760. The van der Waals surface area contributed by atoms with E-state index in [9.17, 15) is 14.7 Å². The number of hydrogen-bond acceptors (Lipinski definition) is 3. The monoisotopic (exact) mass is 333 g/mol. The van der Waals surface area contributed by atoms with Crippen LogP contribution in [0.4, 0.5) is 0 Å². The van der Waals surface area contributed by atoms with Gasteiger partial charge in [0.1, 0.15) is 6.04 Å². The second-order valence-corrected chi connectivity index (χ2v) is 6.71. The maximum absolute atomic E-state index is 12.6. The van der Waals surface area contributed by atoms with E-state index in [0.29, 0.717) is 11.3 Å². The number of carbonyl (C=O) groups excluding carboxylic acids is 1. The van der Waals surface area contributed by atoms with E-state index in [0.717, 1.165) is 41.3 Å². The molecule has 1 aromatic carbocycles. The first-order valence-electron chi connectivity index (χ1n) is 8.12. The Balaban J connectivity index is 2.29. The van der Waals surface area contributed by atoms with Gasteiger partial charge in [-0.3, -0.25) is 4.79 Å². The van der Waals surface area contributed by atoms with E-state index >= 15 is 0 Å². The molecule has 1 aromatic heterocycles. The molecule has 1 heterocycles. The maximum atomic E-state index is 12.6. The van der Waals surface area contributed by atoms with E-state index in [4.69, 9.17) is 0 Å². The molecule has 1 unspecified atom stereocenters. The summed E-state index contributed by atoms with van der Waals surface area (Å²) in [5, 5.41) is 13.1. The van der Waals surface area contributed by atoms with Gasteiger partial charge in [0.05, 0.1) is 4.88 Å². The zero-order valence-electron chi connectivity index (χ0n) is 13.6. The molecule has 23 heavy (non-hydrogen) atoms. The van der Waals surface area contributed by atoms with Crippen molar-refractivity contribution in [3.63, 3.8) is 0 Å². The number of aryl methyl sites for hydroxylation is 1. The summed E-state index contributed by atoms with van der Waals surface area (Å²) in [6.07, 6.45) is 3.92. The molecule has 0 spiro atoms. The van der Waals surface area contributed by atoms with Gasteiger partial charge in [-0.2, -0.15) is 0 Å². The molecule has 124 valence electrons. The number of fused-ring (bicyclic) bond motifs is 1. The molecule has 0 bridgehead atoms. The number of aliphatic carboxylic acids is 1. The molecule has 0 aliphatic heterocycles. The largest absolute Gasteiger partial charge is 0.480 e. The third-order valence-corrected chi connectivity index (χ3v) is 5.07. The summed E-state index contributed by atoms with van der Waals surface area (Å²) in [6.45, 7) is 4.08. The minimum absolute atomic E-state index is 0.266. The molecule has 5 heteroatoms. The Kier molecular flexibility index (Phi) is 6.16. The zero-order chi connectivity index (χ0) is 16.8. The normalized spacial score (nSPS) is 12.3. The van der Waals surface area contributed by atoms with Crippen LogP contribution in [0.2, 0.25) is 0 Å². The van der Waals surface area contributed by atoms with E-state index < -0.39 is 12.0 Å². The number of rotatable bonds is 8. The summed E-state index contributed by atoms with van der Waals surface area (Å²) in [7, 11) is 0. The highest BCUT2D eigenvalue weighted by atomic mass is 32.1. The predicted octanol–water partition coefficient (Wildman–Crippen LogP) is 4.23. The first-order valence-corrected chi connectivity index (χ1v) is 8.94. The lowest BCUT2D eigenvalue weighted by molar-refractivity contribution is -0.139. The van der Waals surface area contributed by atoms with Gasteiger partial charge in [-0.1, -0.05) is 51.3 Å². The van der Waals surface area contributed by atoms with Gasteiger partial charge in [-0.15, -0.1) is 11.3 Å². The smallest absolute Gasteiger partial charge is 0.326 e. The highest BCUT2D eigenvalue weighted by molar-refractivity contribution is 7.21. The first-order chi connectivity index (χ1) is 11.1. The lowest BCUT2D eigenvalue weighted by Gasteiger charge is -2.14. The average molecular weight is 333 g/mol. The summed E-state index contributed by atoms with van der Waals surface area (Å²) in [4.78, 5) is 24.6. The summed E-state index contributed by atoms with van der Waals surface area (Å²) in [6, 6.07) is 7.14. The lowest BCUT2D eigenvalue weighted by atomic mass is 10.0. The SMILES string of the molecule is CCCCC(NC(=O)c1sc2ccccc2c1CCC)C(=O)O. The van der Waals surface area contributed by atoms with Gasteiger partial charge in [0.15, 0.2) is 0 Å². The predicted molar refractivity (Wildman–Crippen MR) is 94.2 cm³/mol. The molecule has 0 aliphatic carbocycles. The minimum Gasteiger partial charge on any atom is -0.480 e. The van der Waals surface area contributed by atoms with E-state index in [-0.39, 0.29) is 5.91 Å². The van der Waals surface area contributed by atoms with Gasteiger partial charge in [-0.25, -0.2) is 4.79 Å². The third-order valence-electron chi connectivity index (χ3n) is 3.85. The van der Waals surface area contributed by atoms with Crippen molar-refractivity contribution in [1.29, 1.82) is 0 Å². The molecule has 1 atom stereocenters. The van der Waals surface area contributed by atoms with Gasteiger partial charge in [0.2, 0.25) is 0 Å².